The Hall–Kier alpha value is -3.19. The number of carbonyl (C=O) groups excluding carboxylic acids is 2. The minimum Gasteiger partial charge on any atom is -0.465 e. The Morgan fingerprint density at radius 3 is 2.54 bits per heavy atom. The minimum absolute atomic E-state index is 0.0333. The van der Waals surface area contributed by atoms with Gasteiger partial charge in [0.25, 0.3) is 5.91 Å². The Balaban J connectivity index is 1.67. The number of hydrogen-bond donors (Lipinski definition) is 3. The number of ether oxygens (including phenoxy) is 1. The molecule has 0 saturated carbocycles. The first kappa shape index (κ1) is 19.6. The molecule has 4 N–H and O–H groups in total. The number of nitrogens with zero attached hydrogens (tertiary/aromatic N) is 1. The number of hydrogen-bond acceptors (Lipinski definition) is 5. The van der Waals surface area contributed by atoms with Gasteiger partial charge in [-0.2, -0.15) is 0 Å². The molecule has 0 spiro atoms. The SMILES string of the molecule is CCOC(=O)CN1CCc2ccc(NC(=O)c3ccc(C(=N)N)cc3)cc2C1. The van der Waals surface area contributed by atoms with Gasteiger partial charge < -0.3 is 15.8 Å². The molecule has 28 heavy (non-hydrogen) atoms. The molecule has 2 aromatic carbocycles. The number of esters is 1. The molecule has 1 amide bonds. The lowest BCUT2D eigenvalue weighted by Gasteiger charge is -2.28. The van der Waals surface area contributed by atoms with Crippen molar-refractivity contribution < 1.29 is 14.3 Å². The van der Waals surface area contributed by atoms with Gasteiger partial charge in [-0.15, -0.1) is 0 Å². The Kier molecular flexibility index (Phi) is 6.06. The second-order valence-electron chi connectivity index (χ2n) is 6.69. The van der Waals surface area contributed by atoms with Crippen LogP contribution in [0.4, 0.5) is 5.69 Å². The standard InChI is InChI=1S/C21H24N4O3/c1-2-28-19(26)13-25-10-9-14-7-8-18(11-17(14)12-25)24-21(27)16-5-3-15(4-6-16)20(22)23/h3-8,11H,2,9-10,12-13H2,1H3,(H3,22,23)(H,24,27). The fourth-order valence-corrected chi connectivity index (χ4v) is 3.22. The van der Waals surface area contributed by atoms with E-state index in [0.29, 0.717) is 30.0 Å². The van der Waals surface area contributed by atoms with Crippen LogP contribution in [0.25, 0.3) is 0 Å². The van der Waals surface area contributed by atoms with E-state index in [0.717, 1.165) is 18.5 Å². The molecule has 0 unspecified atom stereocenters. The molecule has 1 heterocycles. The van der Waals surface area contributed by atoms with Crippen LogP contribution in [-0.4, -0.2) is 42.3 Å². The first-order valence-electron chi connectivity index (χ1n) is 9.22. The first-order chi connectivity index (χ1) is 13.5. The lowest BCUT2D eigenvalue weighted by Crippen LogP contribution is -2.35. The van der Waals surface area contributed by atoms with Crippen molar-refractivity contribution in [3.05, 3.63) is 64.7 Å². The van der Waals surface area contributed by atoms with Gasteiger partial charge in [0.2, 0.25) is 0 Å². The molecule has 146 valence electrons. The number of rotatable bonds is 6. The zero-order valence-electron chi connectivity index (χ0n) is 15.8. The Morgan fingerprint density at radius 1 is 1.14 bits per heavy atom. The van der Waals surface area contributed by atoms with Gasteiger partial charge in [0.05, 0.1) is 13.2 Å². The highest BCUT2D eigenvalue weighted by atomic mass is 16.5. The molecular weight excluding hydrogens is 356 g/mol. The smallest absolute Gasteiger partial charge is 0.320 e. The third kappa shape index (κ3) is 4.75. The van der Waals surface area contributed by atoms with Crippen molar-refractivity contribution in [3.8, 4) is 0 Å². The molecule has 2 aromatic rings. The number of fused-ring (bicyclic) bond motifs is 1. The lowest BCUT2D eigenvalue weighted by atomic mass is 9.99. The number of anilines is 1. The van der Waals surface area contributed by atoms with E-state index >= 15 is 0 Å². The van der Waals surface area contributed by atoms with Crippen LogP contribution in [0, 0.1) is 5.41 Å². The summed E-state index contributed by atoms with van der Waals surface area (Å²) < 4.78 is 5.02. The van der Waals surface area contributed by atoms with Gasteiger partial charge in [-0.25, -0.2) is 0 Å². The van der Waals surface area contributed by atoms with Crippen LogP contribution in [0.3, 0.4) is 0 Å². The molecule has 0 saturated heterocycles. The average molecular weight is 380 g/mol. The van der Waals surface area contributed by atoms with Crippen molar-refractivity contribution in [3.63, 3.8) is 0 Å². The Bertz CT molecular complexity index is 893. The summed E-state index contributed by atoms with van der Waals surface area (Å²) in [5, 5.41) is 10.3. The number of amides is 1. The predicted octanol–water partition coefficient (Wildman–Crippen LogP) is 2.14. The number of nitrogens with one attached hydrogen (secondary N) is 2. The number of carbonyl (C=O) groups is 2. The van der Waals surface area contributed by atoms with Crippen molar-refractivity contribution in [1.82, 2.24) is 4.90 Å². The summed E-state index contributed by atoms with van der Waals surface area (Å²) in [6, 6.07) is 12.5. The maximum atomic E-state index is 12.5. The van der Waals surface area contributed by atoms with E-state index in [2.05, 4.69) is 5.32 Å². The molecular formula is C21H24N4O3. The van der Waals surface area contributed by atoms with Gasteiger partial charge in [-0.3, -0.25) is 19.9 Å². The molecule has 0 bridgehead atoms. The number of benzene rings is 2. The number of nitrogen functional groups attached to an aromatic ring is 1. The highest BCUT2D eigenvalue weighted by molar-refractivity contribution is 6.05. The summed E-state index contributed by atoms with van der Waals surface area (Å²) in [6.45, 7) is 3.90. The van der Waals surface area contributed by atoms with E-state index in [1.807, 2.05) is 23.1 Å². The normalized spacial score (nSPS) is 13.5. The van der Waals surface area contributed by atoms with Gasteiger partial charge >= 0.3 is 5.97 Å². The minimum atomic E-state index is -0.228. The summed E-state index contributed by atoms with van der Waals surface area (Å²) in [6.07, 6.45) is 0.857. The topological polar surface area (TPSA) is 109 Å². The number of nitrogens with two attached hydrogens (primary N) is 1. The van der Waals surface area contributed by atoms with Gasteiger partial charge in [0.15, 0.2) is 0 Å². The molecule has 1 aliphatic rings. The molecule has 7 nitrogen and oxygen atoms in total. The third-order valence-electron chi connectivity index (χ3n) is 4.67. The van der Waals surface area contributed by atoms with Crippen molar-refractivity contribution in [1.29, 1.82) is 5.41 Å². The van der Waals surface area contributed by atoms with Gasteiger partial charge in [-0.05, 0) is 48.7 Å². The zero-order chi connectivity index (χ0) is 20.1. The van der Waals surface area contributed by atoms with Crippen molar-refractivity contribution >= 4 is 23.4 Å². The summed E-state index contributed by atoms with van der Waals surface area (Å²) in [5.41, 5.74) is 9.53. The summed E-state index contributed by atoms with van der Waals surface area (Å²) in [7, 11) is 0. The van der Waals surface area contributed by atoms with E-state index < -0.39 is 0 Å². The molecule has 7 heteroatoms. The fourth-order valence-electron chi connectivity index (χ4n) is 3.22. The first-order valence-corrected chi connectivity index (χ1v) is 9.22. The monoisotopic (exact) mass is 380 g/mol. The van der Waals surface area contributed by atoms with E-state index in [1.165, 1.54) is 5.56 Å². The molecule has 1 aliphatic heterocycles. The predicted molar refractivity (Wildman–Crippen MR) is 107 cm³/mol. The lowest BCUT2D eigenvalue weighted by molar-refractivity contribution is -0.144. The van der Waals surface area contributed by atoms with Crippen LogP contribution in [0.1, 0.15) is 34.0 Å². The van der Waals surface area contributed by atoms with Crippen molar-refractivity contribution in [2.24, 2.45) is 5.73 Å². The Labute approximate surface area is 164 Å². The van der Waals surface area contributed by atoms with Crippen LogP contribution >= 0.6 is 0 Å². The van der Waals surface area contributed by atoms with E-state index in [1.54, 1.807) is 31.2 Å². The fraction of sp³-hybridized carbons (Fsp3) is 0.286. The van der Waals surface area contributed by atoms with Crippen LogP contribution in [0.2, 0.25) is 0 Å². The Morgan fingerprint density at radius 2 is 1.86 bits per heavy atom. The molecule has 0 aliphatic carbocycles. The molecule has 0 radical (unpaired) electrons. The van der Waals surface area contributed by atoms with Gasteiger partial charge in [0, 0.05) is 29.9 Å². The summed E-state index contributed by atoms with van der Waals surface area (Å²) >= 11 is 0. The average Bonchev–Trinajstić information content (AvgIpc) is 2.68. The van der Waals surface area contributed by atoms with Crippen molar-refractivity contribution in [2.75, 3.05) is 25.0 Å². The van der Waals surface area contributed by atoms with Gasteiger partial charge in [0.1, 0.15) is 5.84 Å². The second-order valence-corrected chi connectivity index (χ2v) is 6.69. The van der Waals surface area contributed by atoms with Crippen LogP contribution < -0.4 is 11.1 Å². The van der Waals surface area contributed by atoms with Crippen LogP contribution in [-0.2, 0) is 22.5 Å². The highest BCUT2D eigenvalue weighted by Crippen LogP contribution is 2.23. The van der Waals surface area contributed by atoms with Crippen molar-refractivity contribution in [2.45, 2.75) is 19.9 Å². The maximum Gasteiger partial charge on any atom is 0.320 e. The largest absolute Gasteiger partial charge is 0.465 e. The molecule has 3 rings (SSSR count). The summed E-state index contributed by atoms with van der Waals surface area (Å²) in [5.74, 6) is -0.479. The molecule has 0 fully saturated rings. The van der Waals surface area contributed by atoms with Crippen LogP contribution in [0.5, 0.6) is 0 Å². The highest BCUT2D eigenvalue weighted by Gasteiger charge is 2.19. The third-order valence-corrected chi connectivity index (χ3v) is 4.67. The van der Waals surface area contributed by atoms with Gasteiger partial charge in [-0.1, -0.05) is 18.2 Å². The summed E-state index contributed by atoms with van der Waals surface area (Å²) in [4.78, 5) is 26.2. The van der Waals surface area contributed by atoms with E-state index in [4.69, 9.17) is 15.9 Å². The number of amidine groups is 1. The van der Waals surface area contributed by atoms with E-state index in [9.17, 15) is 9.59 Å². The molecule has 0 aromatic heterocycles. The second kappa shape index (κ2) is 8.67. The van der Waals surface area contributed by atoms with E-state index in [-0.39, 0.29) is 24.3 Å². The van der Waals surface area contributed by atoms with Crippen LogP contribution in [0.15, 0.2) is 42.5 Å². The molecule has 0 atom stereocenters. The zero-order valence-corrected chi connectivity index (χ0v) is 15.8. The quantitative estimate of drug-likeness (QED) is 0.404. The maximum absolute atomic E-state index is 12.5.